The number of hydrogen-bond donors (Lipinski definition) is 1. The van der Waals surface area contributed by atoms with Crippen LogP contribution in [0.1, 0.15) is 0 Å². The van der Waals surface area contributed by atoms with Gasteiger partial charge in [0.2, 0.25) is 0 Å². The van der Waals surface area contributed by atoms with Crippen molar-refractivity contribution in [1.29, 1.82) is 0 Å². The summed E-state index contributed by atoms with van der Waals surface area (Å²) in [6, 6.07) is 11.9. The number of aromatic nitrogens is 2. The summed E-state index contributed by atoms with van der Waals surface area (Å²) >= 11 is 1.49. The maximum absolute atomic E-state index is 12.8. The molecule has 0 fully saturated rings. The molecule has 2 aromatic heterocycles. The van der Waals surface area contributed by atoms with E-state index in [0.29, 0.717) is 0 Å². The van der Waals surface area contributed by atoms with Crippen LogP contribution in [0, 0.1) is 5.82 Å². The third-order valence-electron chi connectivity index (χ3n) is 2.53. The SMILES string of the molecule is Br.Fc1ccc(Nc2nc(-c3ccccn3)cs2)cc1. The van der Waals surface area contributed by atoms with Crippen LogP contribution in [0.4, 0.5) is 15.2 Å². The standard InChI is InChI=1S/C14H10FN3S.BrH/c15-10-4-6-11(7-5-10)17-14-18-13(9-19-14)12-3-1-2-8-16-12;/h1-9H,(H,17,18);1H. The van der Waals surface area contributed by atoms with Crippen molar-refractivity contribution in [1.82, 2.24) is 9.97 Å². The first-order valence-corrected chi connectivity index (χ1v) is 6.59. The van der Waals surface area contributed by atoms with Gasteiger partial charge in [0.05, 0.1) is 5.69 Å². The van der Waals surface area contributed by atoms with E-state index in [1.165, 1.54) is 23.5 Å². The molecule has 0 saturated heterocycles. The van der Waals surface area contributed by atoms with Crippen LogP contribution in [0.15, 0.2) is 54.0 Å². The lowest BCUT2D eigenvalue weighted by atomic mass is 10.3. The van der Waals surface area contributed by atoms with Crippen molar-refractivity contribution in [3.63, 3.8) is 0 Å². The molecule has 0 atom stereocenters. The summed E-state index contributed by atoms with van der Waals surface area (Å²) in [6.07, 6.45) is 1.74. The van der Waals surface area contributed by atoms with Crippen LogP contribution in [0.25, 0.3) is 11.4 Å². The van der Waals surface area contributed by atoms with Gasteiger partial charge in [-0.05, 0) is 36.4 Å². The Balaban J connectivity index is 0.00000147. The Bertz CT molecular complexity index is 670. The van der Waals surface area contributed by atoms with Gasteiger partial charge in [0, 0.05) is 17.3 Å². The molecule has 1 aromatic carbocycles. The van der Waals surface area contributed by atoms with Crippen LogP contribution in [0.3, 0.4) is 0 Å². The quantitative estimate of drug-likeness (QED) is 0.745. The minimum absolute atomic E-state index is 0. The van der Waals surface area contributed by atoms with Crippen molar-refractivity contribution in [2.45, 2.75) is 0 Å². The second-order valence-electron chi connectivity index (χ2n) is 3.88. The summed E-state index contributed by atoms with van der Waals surface area (Å²) in [7, 11) is 0. The Morgan fingerprint density at radius 2 is 1.80 bits per heavy atom. The molecule has 0 aliphatic rings. The molecule has 6 heteroatoms. The zero-order valence-electron chi connectivity index (χ0n) is 10.3. The second-order valence-corrected chi connectivity index (χ2v) is 4.74. The van der Waals surface area contributed by atoms with E-state index in [1.807, 2.05) is 23.6 Å². The van der Waals surface area contributed by atoms with Gasteiger partial charge in [-0.25, -0.2) is 9.37 Å². The van der Waals surface area contributed by atoms with Crippen molar-refractivity contribution in [2.75, 3.05) is 5.32 Å². The van der Waals surface area contributed by atoms with E-state index in [4.69, 9.17) is 0 Å². The van der Waals surface area contributed by atoms with Gasteiger partial charge in [-0.15, -0.1) is 28.3 Å². The number of halogens is 2. The van der Waals surface area contributed by atoms with E-state index in [2.05, 4.69) is 15.3 Å². The number of nitrogens with one attached hydrogen (secondary N) is 1. The number of nitrogens with zero attached hydrogens (tertiary/aromatic N) is 2. The molecule has 1 N–H and O–H groups in total. The number of hydrogen-bond acceptors (Lipinski definition) is 4. The van der Waals surface area contributed by atoms with E-state index in [9.17, 15) is 4.39 Å². The van der Waals surface area contributed by atoms with Gasteiger partial charge in [0.1, 0.15) is 11.5 Å². The maximum atomic E-state index is 12.8. The lowest BCUT2D eigenvalue weighted by Gasteiger charge is -2.01. The largest absolute Gasteiger partial charge is 0.332 e. The highest BCUT2D eigenvalue weighted by molar-refractivity contribution is 8.93. The molecule has 2 heterocycles. The van der Waals surface area contributed by atoms with E-state index in [0.717, 1.165) is 22.2 Å². The number of pyridine rings is 1. The molecule has 20 heavy (non-hydrogen) atoms. The van der Waals surface area contributed by atoms with Crippen molar-refractivity contribution < 1.29 is 4.39 Å². The molecule has 0 aliphatic carbocycles. The molecule has 0 saturated carbocycles. The summed E-state index contributed by atoms with van der Waals surface area (Å²) < 4.78 is 12.8. The third kappa shape index (κ3) is 3.40. The average Bonchev–Trinajstić information content (AvgIpc) is 2.91. The molecule has 0 unspecified atom stereocenters. The zero-order chi connectivity index (χ0) is 13.1. The Hall–Kier alpha value is -1.79. The predicted octanol–water partition coefficient (Wildman–Crippen LogP) is 4.67. The number of thiazole rings is 1. The fraction of sp³-hybridized carbons (Fsp3) is 0. The van der Waals surface area contributed by atoms with Crippen molar-refractivity contribution >= 4 is 39.1 Å². The monoisotopic (exact) mass is 351 g/mol. The molecular formula is C14H11BrFN3S. The summed E-state index contributed by atoms with van der Waals surface area (Å²) in [4.78, 5) is 8.70. The van der Waals surface area contributed by atoms with Crippen LogP contribution >= 0.6 is 28.3 Å². The summed E-state index contributed by atoms with van der Waals surface area (Å²) in [5.74, 6) is -0.251. The predicted molar refractivity (Wildman–Crippen MR) is 85.3 cm³/mol. The van der Waals surface area contributed by atoms with Crippen LogP contribution < -0.4 is 5.32 Å². The van der Waals surface area contributed by atoms with E-state index >= 15 is 0 Å². The Morgan fingerprint density at radius 1 is 1.00 bits per heavy atom. The van der Waals surface area contributed by atoms with Crippen LogP contribution in [-0.2, 0) is 0 Å². The van der Waals surface area contributed by atoms with Crippen molar-refractivity contribution in [3.05, 3.63) is 59.9 Å². The topological polar surface area (TPSA) is 37.8 Å². The summed E-state index contributed by atoms with van der Waals surface area (Å²) in [5, 5.41) is 5.83. The molecular weight excluding hydrogens is 341 g/mol. The molecule has 0 bridgehead atoms. The first-order chi connectivity index (χ1) is 9.31. The van der Waals surface area contributed by atoms with Gasteiger partial charge in [0.15, 0.2) is 5.13 Å². The van der Waals surface area contributed by atoms with E-state index in [-0.39, 0.29) is 22.8 Å². The minimum Gasteiger partial charge on any atom is -0.332 e. The Kier molecular flexibility index (Phi) is 4.81. The van der Waals surface area contributed by atoms with Crippen LogP contribution in [0.5, 0.6) is 0 Å². The number of rotatable bonds is 3. The van der Waals surface area contributed by atoms with E-state index in [1.54, 1.807) is 18.3 Å². The smallest absolute Gasteiger partial charge is 0.187 e. The summed E-state index contributed by atoms with van der Waals surface area (Å²) in [6.45, 7) is 0. The first-order valence-electron chi connectivity index (χ1n) is 5.71. The molecule has 3 rings (SSSR count). The second kappa shape index (κ2) is 6.58. The van der Waals surface area contributed by atoms with Gasteiger partial charge < -0.3 is 5.32 Å². The lowest BCUT2D eigenvalue weighted by Crippen LogP contribution is -1.90. The van der Waals surface area contributed by atoms with Gasteiger partial charge in [-0.2, -0.15) is 0 Å². The molecule has 0 spiro atoms. The molecule has 0 aliphatic heterocycles. The molecule has 0 radical (unpaired) electrons. The van der Waals surface area contributed by atoms with Gasteiger partial charge in [-0.1, -0.05) is 6.07 Å². The number of anilines is 2. The number of benzene rings is 1. The van der Waals surface area contributed by atoms with Crippen molar-refractivity contribution in [2.24, 2.45) is 0 Å². The molecule has 3 aromatic rings. The summed E-state index contributed by atoms with van der Waals surface area (Å²) in [5.41, 5.74) is 2.48. The normalized spacial score (nSPS) is 9.85. The fourth-order valence-electron chi connectivity index (χ4n) is 1.62. The third-order valence-corrected chi connectivity index (χ3v) is 3.28. The zero-order valence-corrected chi connectivity index (χ0v) is 12.8. The fourth-order valence-corrected chi connectivity index (χ4v) is 2.34. The Labute approximate surface area is 130 Å². The Morgan fingerprint density at radius 3 is 2.50 bits per heavy atom. The highest BCUT2D eigenvalue weighted by Crippen LogP contribution is 2.25. The van der Waals surface area contributed by atoms with Gasteiger partial charge in [-0.3, -0.25) is 4.98 Å². The van der Waals surface area contributed by atoms with Crippen LogP contribution in [-0.4, -0.2) is 9.97 Å². The lowest BCUT2D eigenvalue weighted by molar-refractivity contribution is 0.628. The minimum atomic E-state index is -0.251. The highest BCUT2D eigenvalue weighted by atomic mass is 79.9. The highest BCUT2D eigenvalue weighted by Gasteiger charge is 2.05. The molecule has 3 nitrogen and oxygen atoms in total. The molecule has 102 valence electrons. The van der Waals surface area contributed by atoms with Gasteiger partial charge in [0.25, 0.3) is 0 Å². The maximum Gasteiger partial charge on any atom is 0.187 e. The van der Waals surface area contributed by atoms with Crippen LogP contribution in [0.2, 0.25) is 0 Å². The van der Waals surface area contributed by atoms with Gasteiger partial charge >= 0.3 is 0 Å². The molecule has 0 amide bonds. The first kappa shape index (κ1) is 14.6. The van der Waals surface area contributed by atoms with Crippen molar-refractivity contribution in [3.8, 4) is 11.4 Å². The van der Waals surface area contributed by atoms with E-state index < -0.39 is 0 Å². The average molecular weight is 352 g/mol.